The molecule has 1 unspecified atom stereocenters. The van der Waals surface area contributed by atoms with Crippen LogP contribution in [0.4, 0.5) is 15.8 Å². The SMILES string of the molecule is C=C(C)c1cnc(-c2cc(Cl)ccc2F)cc1Nc1ccncc1C(=O)NC(O)CC. The number of pyridine rings is 2. The van der Waals surface area contributed by atoms with Crippen LogP contribution >= 0.6 is 11.6 Å². The first-order chi connectivity index (χ1) is 14.8. The maximum atomic E-state index is 14.4. The van der Waals surface area contributed by atoms with E-state index >= 15 is 0 Å². The minimum absolute atomic E-state index is 0.245. The molecule has 0 spiro atoms. The third kappa shape index (κ3) is 5.25. The van der Waals surface area contributed by atoms with Crippen LogP contribution in [0.5, 0.6) is 0 Å². The molecular formula is C23H22ClFN4O2. The smallest absolute Gasteiger partial charge is 0.256 e. The Kier molecular flexibility index (Phi) is 6.99. The number of carbonyl (C=O) groups excluding carboxylic acids is 1. The second-order valence-corrected chi connectivity index (χ2v) is 7.40. The summed E-state index contributed by atoms with van der Waals surface area (Å²) in [5.74, 6) is -0.930. The van der Waals surface area contributed by atoms with Gasteiger partial charge in [0.05, 0.1) is 16.9 Å². The topological polar surface area (TPSA) is 87.1 Å². The van der Waals surface area contributed by atoms with Gasteiger partial charge in [-0.05, 0) is 49.2 Å². The quantitative estimate of drug-likeness (QED) is 0.441. The van der Waals surface area contributed by atoms with Gasteiger partial charge in [-0.3, -0.25) is 14.8 Å². The molecule has 0 saturated carbocycles. The number of aliphatic hydroxyl groups is 1. The second kappa shape index (κ2) is 9.68. The molecule has 8 heteroatoms. The Balaban J connectivity index is 2.04. The van der Waals surface area contributed by atoms with Crippen LogP contribution in [0, 0.1) is 5.82 Å². The number of hydrogen-bond acceptors (Lipinski definition) is 5. The summed E-state index contributed by atoms with van der Waals surface area (Å²) >= 11 is 6.03. The first-order valence-corrected chi connectivity index (χ1v) is 9.99. The Hall–Kier alpha value is -3.29. The molecule has 0 fully saturated rings. The van der Waals surface area contributed by atoms with Gasteiger partial charge < -0.3 is 15.7 Å². The van der Waals surface area contributed by atoms with Crippen LogP contribution < -0.4 is 10.6 Å². The zero-order chi connectivity index (χ0) is 22.5. The molecule has 0 aliphatic rings. The summed E-state index contributed by atoms with van der Waals surface area (Å²) in [5, 5.41) is 15.9. The molecule has 0 aliphatic carbocycles. The zero-order valence-corrected chi connectivity index (χ0v) is 17.9. The van der Waals surface area contributed by atoms with Gasteiger partial charge in [-0.15, -0.1) is 0 Å². The summed E-state index contributed by atoms with van der Waals surface area (Å²) in [5.41, 5.74) is 3.33. The minimum atomic E-state index is -0.968. The number of rotatable bonds is 7. The summed E-state index contributed by atoms with van der Waals surface area (Å²) in [6.45, 7) is 7.54. The van der Waals surface area contributed by atoms with E-state index in [1.54, 1.807) is 25.3 Å². The van der Waals surface area contributed by atoms with Gasteiger partial charge in [-0.1, -0.05) is 25.1 Å². The molecule has 3 rings (SSSR count). The van der Waals surface area contributed by atoms with Crippen molar-refractivity contribution in [1.82, 2.24) is 15.3 Å². The van der Waals surface area contributed by atoms with E-state index in [2.05, 4.69) is 27.2 Å². The lowest BCUT2D eigenvalue weighted by atomic mass is 10.0. The highest BCUT2D eigenvalue weighted by molar-refractivity contribution is 6.30. The average Bonchev–Trinajstić information content (AvgIpc) is 2.75. The lowest BCUT2D eigenvalue weighted by Crippen LogP contribution is -2.34. The first kappa shape index (κ1) is 22.4. The number of allylic oxidation sites excluding steroid dienone is 1. The highest BCUT2D eigenvalue weighted by Gasteiger charge is 2.17. The highest BCUT2D eigenvalue weighted by Crippen LogP contribution is 2.32. The Morgan fingerprint density at radius 1 is 1.23 bits per heavy atom. The lowest BCUT2D eigenvalue weighted by Gasteiger charge is -2.17. The molecule has 2 heterocycles. The van der Waals surface area contributed by atoms with E-state index in [0.717, 1.165) is 5.57 Å². The molecule has 31 heavy (non-hydrogen) atoms. The molecule has 0 radical (unpaired) electrons. The van der Waals surface area contributed by atoms with E-state index in [9.17, 15) is 14.3 Å². The monoisotopic (exact) mass is 440 g/mol. The number of carbonyl (C=O) groups is 1. The number of aromatic nitrogens is 2. The number of nitrogens with zero attached hydrogens (tertiary/aromatic N) is 2. The molecule has 3 aromatic rings. The second-order valence-electron chi connectivity index (χ2n) is 6.96. The highest BCUT2D eigenvalue weighted by atomic mass is 35.5. The normalized spacial score (nSPS) is 11.6. The minimum Gasteiger partial charge on any atom is -0.374 e. The van der Waals surface area contributed by atoms with Crippen LogP contribution in [-0.4, -0.2) is 27.2 Å². The average molecular weight is 441 g/mol. The van der Waals surface area contributed by atoms with Crippen LogP contribution in [0.25, 0.3) is 16.8 Å². The van der Waals surface area contributed by atoms with Crippen molar-refractivity contribution < 1.29 is 14.3 Å². The van der Waals surface area contributed by atoms with Gasteiger partial charge >= 0.3 is 0 Å². The van der Waals surface area contributed by atoms with Crippen LogP contribution in [0.1, 0.15) is 36.2 Å². The van der Waals surface area contributed by atoms with Crippen LogP contribution in [0.2, 0.25) is 5.02 Å². The van der Waals surface area contributed by atoms with E-state index < -0.39 is 18.0 Å². The maximum absolute atomic E-state index is 14.4. The predicted octanol–water partition coefficient (Wildman–Crippen LogP) is 5.17. The van der Waals surface area contributed by atoms with Crippen molar-refractivity contribution in [1.29, 1.82) is 0 Å². The van der Waals surface area contributed by atoms with Crippen molar-refractivity contribution in [3.8, 4) is 11.3 Å². The number of hydrogen-bond donors (Lipinski definition) is 3. The number of aliphatic hydroxyl groups excluding tert-OH is 1. The molecule has 2 aromatic heterocycles. The molecule has 1 amide bonds. The fourth-order valence-corrected chi connectivity index (χ4v) is 3.07. The van der Waals surface area contributed by atoms with Crippen LogP contribution in [0.3, 0.4) is 0 Å². The Labute approximate surface area is 184 Å². The van der Waals surface area contributed by atoms with Crippen molar-refractivity contribution in [3.05, 3.63) is 77.5 Å². The van der Waals surface area contributed by atoms with Crippen molar-refractivity contribution in [2.75, 3.05) is 5.32 Å². The Morgan fingerprint density at radius 2 is 2.00 bits per heavy atom. The van der Waals surface area contributed by atoms with Crippen LogP contribution in [-0.2, 0) is 0 Å². The first-order valence-electron chi connectivity index (χ1n) is 9.61. The van der Waals surface area contributed by atoms with E-state index in [0.29, 0.717) is 34.1 Å². The van der Waals surface area contributed by atoms with E-state index in [-0.39, 0.29) is 11.1 Å². The fraction of sp³-hybridized carbons (Fsp3) is 0.174. The van der Waals surface area contributed by atoms with Gasteiger partial charge in [-0.25, -0.2) is 4.39 Å². The molecule has 3 N–H and O–H groups in total. The van der Waals surface area contributed by atoms with E-state index in [4.69, 9.17) is 11.6 Å². The largest absolute Gasteiger partial charge is 0.374 e. The third-order valence-corrected chi connectivity index (χ3v) is 4.82. The maximum Gasteiger partial charge on any atom is 0.256 e. The van der Waals surface area contributed by atoms with Crippen molar-refractivity contribution in [3.63, 3.8) is 0 Å². The molecule has 0 saturated heterocycles. The van der Waals surface area contributed by atoms with E-state index in [1.807, 2.05) is 6.92 Å². The zero-order valence-electron chi connectivity index (χ0n) is 17.1. The standard InChI is InChI=1S/C23H22ClFN4O2/c1-4-22(30)29-23(31)17-11-26-8-7-19(17)28-21-10-20(27-12-16(21)13(2)3)15-9-14(24)5-6-18(15)25/h5-12,22,30H,2,4H2,1,3H3,(H,29,31)(H,26,27,28). The molecule has 6 nitrogen and oxygen atoms in total. The lowest BCUT2D eigenvalue weighted by molar-refractivity contribution is 0.0777. The van der Waals surface area contributed by atoms with Gasteiger partial charge in [0.1, 0.15) is 12.0 Å². The summed E-state index contributed by atoms with van der Waals surface area (Å²) in [6, 6.07) is 7.55. The molecule has 1 atom stereocenters. The fourth-order valence-electron chi connectivity index (χ4n) is 2.90. The van der Waals surface area contributed by atoms with Gasteiger partial charge in [0, 0.05) is 40.4 Å². The molecular weight excluding hydrogens is 419 g/mol. The summed E-state index contributed by atoms with van der Waals surface area (Å²) in [7, 11) is 0. The van der Waals surface area contributed by atoms with Gasteiger partial charge in [-0.2, -0.15) is 0 Å². The third-order valence-electron chi connectivity index (χ3n) is 4.59. The number of nitrogens with one attached hydrogen (secondary N) is 2. The van der Waals surface area contributed by atoms with E-state index in [1.165, 1.54) is 30.6 Å². The van der Waals surface area contributed by atoms with Crippen molar-refractivity contribution >= 4 is 34.5 Å². The number of amides is 1. The Morgan fingerprint density at radius 3 is 2.71 bits per heavy atom. The molecule has 1 aromatic carbocycles. The summed E-state index contributed by atoms with van der Waals surface area (Å²) in [4.78, 5) is 20.9. The predicted molar refractivity (Wildman–Crippen MR) is 121 cm³/mol. The summed E-state index contributed by atoms with van der Waals surface area (Å²) < 4.78 is 14.4. The molecule has 0 aliphatic heterocycles. The Bertz CT molecular complexity index is 1140. The van der Waals surface area contributed by atoms with Crippen LogP contribution in [0.15, 0.2) is 55.5 Å². The van der Waals surface area contributed by atoms with Crippen molar-refractivity contribution in [2.45, 2.75) is 26.5 Å². The number of benzene rings is 1. The van der Waals surface area contributed by atoms with Gasteiger partial charge in [0.25, 0.3) is 5.91 Å². The van der Waals surface area contributed by atoms with Gasteiger partial charge in [0.2, 0.25) is 0 Å². The summed E-state index contributed by atoms with van der Waals surface area (Å²) in [6.07, 6.45) is 3.92. The molecule has 0 bridgehead atoms. The van der Waals surface area contributed by atoms with Crippen molar-refractivity contribution in [2.24, 2.45) is 0 Å². The number of halogens is 2. The molecule has 160 valence electrons. The van der Waals surface area contributed by atoms with Gasteiger partial charge in [0.15, 0.2) is 0 Å². The number of anilines is 2.